The number of para-hydroxylation sites is 1. The van der Waals surface area contributed by atoms with Crippen molar-refractivity contribution in [3.05, 3.63) is 66.2 Å². The minimum atomic E-state index is -0.335. The molecular formula is C28H31N5O3S2. The van der Waals surface area contributed by atoms with E-state index in [-0.39, 0.29) is 36.0 Å². The standard InChI is InChI=1S/C28H31N5O3S2/c34-24-18-22(19-33(24)23-11-5-2-6-12-23)26(36)32-15-13-21(14-16-32)25(35)29-27-30-31-28(38-27)37-17-7-10-20-8-3-1-4-9-20/h1-6,8-9,11-12,21-22H,7,10,13-19H2,(H,29,30,35). The van der Waals surface area contributed by atoms with E-state index in [0.717, 1.165) is 28.6 Å². The number of thioether (sulfide) groups is 1. The maximum Gasteiger partial charge on any atom is 0.229 e. The molecule has 5 rings (SSSR count). The van der Waals surface area contributed by atoms with Gasteiger partial charge in [-0.15, -0.1) is 10.2 Å². The molecule has 10 heteroatoms. The first-order valence-electron chi connectivity index (χ1n) is 13.0. The van der Waals surface area contributed by atoms with Gasteiger partial charge in [-0.05, 0) is 43.4 Å². The van der Waals surface area contributed by atoms with Gasteiger partial charge in [0.2, 0.25) is 22.9 Å². The average Bonchev–Trinajstić information content (AvgIpc) is 3.58. The van der Waals surface area contributed by atoms with Crippen LogP contribution in [0, 0.1) is 11.8 Å². The predicted octanol–water partition coefficient (Wildman–Crippen LogP) is 4.49. The van der Waals surface area contributed by atoms with E-state index < -0.39 is 0 Å². The molecule has 38 heavy (non-hydrogen) atoms. The number of anilines is 2. The monoisotopic (exact) mass is 549 g/mol. The largest absolute Gasteiger partial charge is 0.342 e. The minimum absolute atomic E-state index is 0.00805. The molecule has 2 saturated heterocycles. The van der Waals surface area contributed by atoms with Gasteiger partial charge in [0, 0.05) is 43.4 Å². The van der Waals surface area contributed by atoms with E-state index in [1.807, 2.05) is 41.3 Å². The number of nitrogens with one attached hydrogen (secondary N) is 1. The number of rotatable bonds is 9. The highest BCUT2D eigenvalue weighted by Crippen LogP contribution is 2.30. The van der Waals surface area contributed by atoms with Crippen LogP contribution in [-0.2, 0) is 20.8 Å². The molecule has 2 aliphatic heterocycles. The van der Waals surface area contributed by atoms with E-state index in [1.54, 1.807) is 16.7 Å². The van der Waals surface area contributed by atoms with Crippen LogP contribution in [0.5, 0.6) is 0 Å². The van der Waals surface area contributed by atoms with Crippen LogP contribution in [0.15, 0.2) is 65.0 Å². The molecule has 1 N–H and O–H groups in total. The number of aryl methyl sites for hydroxylation is 1. The highest BCUT2D eigenvalue weighted by atomic mass is 32.2. The molecule has 198 valence electrons. The fourth-order valence-corrected chi connectivity index (χ4v) is 6.72. The van der Waals surface area contributed by atoms with Crippen LogP contribution in [-0.4, -0.2) is 58.2 Å². The second kappa shape index (κ2) is 12.5. The van der Waals surface area contributed by atoms with Crippen LogP contribution in [0.25, 0.3) is 0 Å². The predicted molar refractivity (Wildman–Crippen MR) is 150 cm³/mol. The fourth-order valence-electron chi connectivity index (χ4n) is 4.96. The topological polar surface area (TPSA) is 95.5 Å². The number of carbonyl (C=O) groups excluding carboxylic acids is 3. The van der Waals surface area contributed by atoms with Gasteiger partial charge in [-0.2, -0.15) is 0 Å². The third-order valence-electron chi connectivity index (χ3n) is 7.03. The quantitative estimate of drug-likeness (QED) is 0.240. The molecule has 0 bridgehead atoms. The number of amides is 3. The maximum atomic E-state index is 13.1. The Morgan fingerprint density at radius 2 is 1.68 bits per heavy atom. The van der Waals surface area contributed by atoms with Crippen molar-refractivity contribution in [2.45, 2.75) is 36.4 Å². The molecule has 2 aliphatic rings. The van der Waals surface area contributed by atoms with Crippen LogP contribution in [0.3, 0.4) is 0 Å². The van der Waals surface area contributed by atoms with Crippen LogP contribution < -0.4 is 10.2 Å². The first kappa shape index (κ1) is 26.4. The fraction of sp³-hybridized carbons (Fsp3) is 0.393. The third kappa shape index (κ3) is 6.60. The van der Waals surface area contributed by atoms with E-state index in [1.165, 1.54) is 16.9 Å². The van der Waals surface area contributed by atoms with E-state index >= 15 is 0 Å². The van der Waals surface area contributed by atoms with Gasteiger partial charge in [0.1, 0.15) is 0 Å². The summed E-state index contributed by atoms with van der Waals surface area (Å²) >= 11 is 3.06. The number of carbonyl (C=O) groups is 3. The van der Waals surface area contributed by atoms with Gasteiger partial charge in [0.15, 0.2) is 4.34 Å². The Bertz CT molecular complexity index is 1250. The smallest absolute Gasteiger partial charge is 0.229 e. The van der Waals surface area contributed by atoms with Gasteiger partial charge in [-0.3, -0.25) is 14.4 Å². The average molecular weight is 550 g/mol. The van der Waals surface area contributed by atoms with Crippen molar-refractivity contribution in [2.24, 2.45) is 11.8 Å². The Morgan fingerprint density at radius 3 is 2.42 bits per heavy atom. The van der Waals surface area contributed by atoms with E-state index in [4.69, 9.17) is 0 Å². The van der Waals surface area contributed by atoms with Gasteiger partial charge < -0.3 is 15.1 Å². The number of nitrogens with zero attached hydrogens (tertiary/aromatic N) is 4. The first-order valence-corrected chi connectivity index (χ1v) is 14.8. The lowest BCUT2D eigenvalue weighted by molar-refractivity contribution is -0.138. The summed E-state index contributed by atoms with van der Waals surface area (Å²) in [4.78, 5) is 42.0. The number of hydrogen-bond donors (Lipinski definition) is 1. The Kier molecular flexibility index (Phi) is 8.70. The summed E-state index contributed by atoms with van der Waals surface area (Å²) in [5.41, 5.74) is 2.16. The third-order valence-corrected chi connectivity index (χ3v) is 9.09. The van der Waals surface area contributed by atoms with Crippen LogP contribution in [0.1, 0.15) is 31.2 Å². The number of piperidine rings is 1. The Hall–Kier alpha value is -3.24. The zero-order valence-electron chi connectivity index (χ0n) is 21.1. The second-order valence-electron chi connectivity index (χ2n) is 9.64. The van der Waals surface area contributed by atoms with Crippen molar-refractivity contribution in [3.63, 3.8) is 0 Å². The summed E-state index contributed by atoms with van der Waals surface area (Å²) in [6.07, 6.45) is 3.51. The summed E-state index contributed by atoms with van der Waals surface area (Å²) in [5.74, 6) is 0.358. The molecule has 8 nitrogen and oxygen atoms in total. The number of hydrogen-bond acceptors (Lipinski definition) is 7. The van der Waals surface area contributed by atoms with E-state index in [9.17, 15) is 14.4 Å². The Balaban J connectivity index is 1.04. The molecule has 2 fully saturated rings. The molecule has 0 radical (unpaired) electrons. The molecule has 3 amide bonds. The number of aromatic nitrogens is 2. The number of benzene rings is 2. The highest BCUT2D eigenvalue weighted by molar-refractivity contribution is 8.01. The first-order chi connectivity index (χ1) is 18.6. The lowest BCUT2D eigenvalue weighted by atomic mass is 9.94. The lowest BCUT2D eigenvalue weighted by Gasteiger charge is -2.32. The van der Waals surface area contributed by atoms with Gasteiger partial charge in [-0.25, -0.2) is 0 Å². The van der Waals surface area contributed by atoms with Gasteiger partial charge in [0.05, 0.1) is 5.92 Å². The molecule has 0 spiro atoms. The molecule has 3 heterocycles. The highest BCUT2D eigenvalue weighted by Gasteiger charge is 2.38. The Labute approximate surface area is 230 Å². The molecule has 1 atom stereocenters. The van der Waals surface area contributed by atoms with Crippen molar-refractivity contribution in [1.29, 1.82) is 0 Å². The van der Waals surface area contributed by atoms with E-state index in [0.29, 0.717) is 37.6 Å². The molecule has 0 aliphatic carbocycles. The molecular weight excluding hydrogens is 518 g/mol. The summed E-state index contributed by atoms with van der Waals surface area (Å²) in [6.45, 7) is 1.45. The lowest BCUT2D eigenvalue weighted by Crippen LogP contribution is -2.44. The summed E-state index contributed by atoms with van der Waals surface area (Å²) < 4.78 is 0.851. The number of likely N-dealkylation sites (tertiary alicyclic amines) is 1. The van der Waals surface area contributed by atoms with E-state index in [2.05, 4.69) is 39.8 Å². The van der Waals surface area contributed by atoms with Crippen LogP contribution in [0.4, 0.5) is 10.8 Å². The normalized spacial score (nSPS) is 18.1. The summed E-state index contributed by atoms with van der Waals surface area (Å²) in [6, 6.07) is 19.9. The molecule has 1 unspecified atom stereocenters. The summed E-state index contributed by atoms with van der Waals surface area (Å²) in [5, 5.41) is 11.8. The molecule has 1 aromatic heterocycles. The zero-order chi connectivity index (χ0) is 26.3. The SMILES string of the molecule is O=C(Nc1nnc(SCCCc2ccccc2)s1)C1CCN(C(=O)C2CC(=O)N(c3ccccc3)C2)CC1. The van der Waals surface area contributed by atoms with Crippen molar-refractivity contribution in [1.82, 2.24) is 15.1 Å². The van der Waals surface area contributed by atoms with Crippen molar-refractivity contribution in [3.8, 4) is 0 Å². The molecule has 2 aromatic carbocycles. The summed E-state index contributed by atoms with van der Waals surface area (Å²) in [7, 11) is 0. The minimum Gasteiger partial charge on any atom is -0.342 e. The molecule has 0 saturated carbocycles. The molecule has 3 aromatic rings. The Morgan fingerprint density at radius 1 is 0.974 bits per heavy atom. The zero-order valence-corrected chi connectivity index (χ0v) is 22.8. The van der Waals surface area contributed by atoms with Crippen molar-refractivity contribution in [2.75, 3.05) is 35.6 Å². The van der Waals surface area contributed by atoms with Crippen molar-refractivity contribution < 1.29 is 14.4 Å². The van der Waals surface area contributed by atoms with Crippen LogP contribution in [0.2, 0.25) is 0 Å². The van der Waals surface area contributed by atoms with Gasteiger partial charge in [-0.1, -0.05) is 71.6 Å². The van der Waals surface area contributed by atoms with Gasteiger partial charge in [0.25, 0.3) is 0 Å². The maximum absolute atomic E-state index is 13.1. The van der Waals surface area contributed by atoms with Crippen molar-refractivity contribution >= 4 is 51.6 Å². The van der Waals surface area contributed by atoms with Gasteiger partial charge >= 0.3 is 0 Å². The van der Waals surface area contributed by atoms with Crippen LogP contribution >= 0.6 is 23.1 Å². The second-order valence-corrected chi connectivity index (χ2v) is 12.0.